The van der Waals surface area contributed by atoms with Crippen molar-refractivity contribution in [2.24, 2.45) is 0 Å². The molecule has 0 unspecified atom stereocenters. The quantitative estimate of drug-likeness (QED) is 0.256. The van der Waals surface area contributed by atoms with Crippen molar-refractivity contribution in [3.8, 4) is 0 Å². The minimum atomic E-state index is -0.600. The SMILES string of the molecule is CCOC(=O)CCCNC(=O)c1cc([N+](=O)[O-])ccc1N. The Balaban J connectivity index is 2.54. The Hall–Kier alpha value is -2.64. The van der Waals surface area contributed by atoms with Crippen molar-refractivity contribution in [2.45, 2.75) is 19.8 Å². The molecular formula is C13H17N3O5. The van der Waals surface area contributed by atoms with Gasteiger partial charge in [0.15, 0.2) is 0 Å². The summed E-state index contributed by atoms with van der Waals surface area (Å²) >= 11 is 0. The normalized spacial score (nSPS) is 9.95. The summed E-state index contributed by atoms with van der Waals surface area (Å²) in [6.45, 7) is 2.28. The lowest BCUT2D eigenvalue weighted by atomic mass is 10.1. The molecule has 1 aromatic rings. The van der Waals surface area contributed by atoms with Gasteiger partial charge in [0.1, 0.15) is 0 Å². The first-order valence-electron chi connectivity index (χ1n) is 6.43. The van der Waals surface area contributed by atoms with E-state index in [1.54, 1.807) is 6.92 Å². The molecule has 8 heteroatoms. The van der Waals surface area contributed by atoms with E-state index in [4.69, 9.17) is 10.5 Å². The number of rotatable bonds is 7. The summed E-state index contributed by atoms with van der Waals surface area (Å²) in [6, 6.07) is 3.66. The van der Waals surface area contributed by atoms with Crippen LogP contribution in [0.25, 0.3) is 0 Å². The number of nitrogen functional groups attached to an aromatic ring is 1. The summed E-state index contributed by atoms with van der Waals surface area (Å²) in [7, 11) is 0. The fourth-order valence-corrected chi connectivity index (χ4v) is 1.62. The van der Waals surface area contributed by atoms with E-state index < -0.39 is 10.8 Å². The lowest BCUT2D eigenvalue weighted by Gasteiger charge is -2.07. The number of hydrogen-bond donors (Lipinski definition) is 2. The molecule has 0 fully saturated rings. The maximum Gasteiger partial charge on any atom is 0.305 e. The van der Waals surface area contributed by atoms with Crippen molar-refractivity contribution < 1.29 is 19.2 Å². The van der Waals surface area contributed by atoms with Crippen LogP contribution in [-0.2, 0) is 9.53 Å². The van der Waals surface area contributed by atoms with Gasteiger partial charge >= 0.3 is 5.97 Å². The second kappa shape index (κ2) is 7.83. The van der Waals surface area contributed by atoms with Crippen molar-refractivity contribution in [3.63, 3.8) is 0 Å². The van der Waals surface area contributed by atoms with E-state index in [9.17, 15) is 19.7 Å². The third-order valence-electron chi connectivity index (χ3n) is 2.64. The van der Waals surface area contributed by atoms with Crippen LogP contribution >= 0.6 is 0 Å². The van der Waals surface area contributed by atoms with Gasteiger partial charge in [-0.05, 0) is 19.4 Å². The first-order valence-corrected chi connectivity index (χ1v) is 6.43. The molecule has 0 aliphatic rings. The van der Waals surface area contributed by atoms with Crippen LogP contribution in [0.2, 0.25) is 0 Å². The van der Waals surface area contributed by atoms with E-state index in [1.807, 2.05) is 0 Å². The van der Waals surface area contributed by atoms with Crippen LogP contribution in [0.3, 0.4) is 0 Å². The number of nitrogens with two attached hydrogens (primary N) is 1. The standard InChI is InChI=1S/C13H17N3O5/c1-2-21-12(17)4-3-7-15-13(18)10-8-9(16(19)20)5-6-11(10)14/h5-6,8H,2-4,7,14H2,1H3,(H,15,18). The first kappa shape index (κ1) is 16.4. The molecule has 114 valence electrons. The van der Waals surface area contributed by atoms with E-state index in [2.05, 4.69) is 5.32 Å². The van der Waals surface area contributed by atoms with Gasteiger partial charge in [0.2, 0.25) is 0 Å². The predicted molar refractivity (Wildman–Crippen MR) is 75.7 cm³/mol. The van der Waals surface area contributed by atoms with Crippen LogP contribution in [0.1, 0.15) is 30.1 Å². The Kier molecular flexibility index (Phi) is 6.12. The van der Waals surface area contributed by atoms with Crippen molar-refractivity contribution in [2.75, 3.05) is 18.9 Å². The summed E-state index contributed by atoms with van der Waals surface area (Å²) in [5.41, 5.74) is 5.62. The molecule has 8 nitrogen and oxygen atoms in total. The molecule has 1 aromatic carbocycles. The van der Waals surface area contributed by atoms with Crippen molar-refractivity contribution in [1.82, 2.24) is 5.32 Å². The fraction of sp³-hybridized carbons (Fsp3) is 0.385. The van der Waals surface area contributed by atoms with Crippen LogP contribution in [0.4, 0.5) is 11.4 Å². The maximum absolute atomic E-state index is 11.9. The molecule has 1 amide bonds. The molecule has 0 aromatic heterocycles. The molecule has 0 spiro atoms. The number of benzene rings is 1. The molecule has 3 N–H and O–H groups in total. The number of amides is 1. The van der Waals surface area contributed by atoms with Gasteiger partial charge in [0.05, 0.1) is 17.1 Å². The topological polar surface area (TPSA) is 125 Å². The second-order valence-electron chi connectivity index (χ2n) is 4.19. The molecule has 0 saturated heterocycles. The summed E-state index contributed by atoms with van der Waals surface area (Å²) in [5, 5.41) is 13.2. The van der Waals surface area contributed by atoms with Gasteiger partial charge in [-0.1, -0.05) is 0 Å². The van der Waals surface area contributed by atoms with E-state index in [1.165, 1.54) is 12.1 Å². The highest BCUT2D eigenvalue weighted by atomic mass is 16.6. The van der Waals surface area contributed by atoms with Crippen molar-refractivity contribution in [1.29, 1.82) is 0 Å². The van der Waals surface area contributed by atoms with Crippen LogP contribution in [0, 0.1) is 10.1 Å². The molecule has 0 radical (unpaired) electrons. The number of esters is 1. The number of non-ortho nitro benzene ring substituents is 1. The highest BCUT2D eigenvalue weighted by Crippen LogP contribution is 2.19. The minimum absolute atomic E-state index is 0.0420. The van der Waals surface area contributed by atoms with Gasteiger partial charge in [-0.25, -0.2) is 0 Å². The van der Waals surface area contributed by atoms with Crippen molar-refractivity contribution in [3.05, 3.63) is 33.9 Å². The third-order valence-corrected chi connectivity index (χ3v) is 2.64. The van der Waals surface area contributed by atoms with Gasteiger partial charge in [-0.3, -0.25) is 19.7 Å². The molecule has 0 heterocycles. The number of anilines is 1. The van der Waals surface area contributed by atoms with Gasteiger partial charge < -0.3 is 15.8 Å². The fourth-order valence-electron chi connectivity index (χ4n) is 1.62. The Morgan fingerprint density at radius 3 is 2.76 bits per heavy atom. The average Bonchev–Trinajstić information content (AvgIpc) is 2.44. The molecule has 0 aliphatic heterocycles. The number of nitrogens with zero attached hydrogens (tertiary/aromatic N) is 1. The van der Waals surface area contributed by atoms with Gasteiger partial charge in [-0.15, -0.1) is 0 Å². The highest BCUT2D eigenvalue weighted by Gasteiger charge is 2.15. The number of nitro benzene ring substituents is 1. The number of carbonyl (C=O) groups is 2. The molecular weight excluding hydrogens is 278 g/mol. The third kappa shape index (κ3) is 5.09. The van der Waals surface area contributed by atoms with Crippen LogP contribution in [0.15, 0.2) is 18.2 Å². The van der Waals surface area contributed by atoms with Gasteiger partial charge in [0, 0.05) is 30.8 Å². The predicted octanol–water partition coefficient (Wildman–Crippen LogP) is 1.25. The number of nitrogens with one attached hydrogen (secondary N) is 1. The lowest BCUT2D eigenvalue weighted by molar-refractivity contribution is -0.384. The molecule has 0 aliphatic carbocycles. The molecule has 0 saturated carbocycles. The average molecular weight is 295 g/mol. The number of ether oxygens (including phenoxy) is 1. The molecule has 21 heavy (non-hydrogen) atoms. The van der Waals surface area contributed by atoms with Crippen LogP contribution in [-0.4, -0.2) is 30.0 Å². The number of nitro groups is 1. The van der Waals surface area contributed by atoms with Gasteiger partial charge in [0.25, 0.3) is 11.6 Å². The van der Waals surface area contributed by atoms with Crippen LogP contribution in [0.5, 0.6) is 0 Å². The van der Waals surface area contributed by atoms with Crippen molar-refractivity contribution >= 4 is 23.3 Å². The van der Waals surface area contributed by atoms with E-state index in [0.717, 1.165) is 6.07 Å². The van der Waals surface area contributed by atoms with Crippen LogP contribution < -0.4 is 11.1 Å². The Labute approximate surface area is 121 Å². The Morgan fingerprint density at radius 1 is 1.43 bits per heavy atom. The Morgan fingerprint density at radius 2 is 2.14 bits per heavy atom. The van der Waals surface area contributed by atoms with Gasteiger partial charge in [-0.2, -0.15) is 0 Å². The lowest BCUT2D eigenvalue weighted by Crippen LogP contribution is -2.26. The largest absolute Gasteiger partial charge is 0.466 e. The summed E-state index contributed by atoms with van der Waals surface area (Å²) < 4.78 is 4.75. The summed E-state index contributed by atoms with van der Waals surface area (Å²) in [6.07, 6.45) is 0.609. The monoisotopic (exact) mass is 295 g/mol. The number of carbonyl (C=O) groups excluding carboxylic acids is 2. The summed E-state index contributed by atoms with van der Waals surface area (Å²) in [5.74, 6) is -0.846. The smallest absolute Gasteiger partial charge is 0.305 e. The van der Waals surface area contributed by atoms with E-state index >= 15 is 0 Å². The highest BCUT2D eigenvalue weighted by molar-refractivity contribution is 5.99. The summed E-state index contributed by atoms with van der Waals surface area (Å²) in [4.78, 5) is 33.0. The van der Waals surface area contributed by atoms with E-state index in [0.29, 0.717) is 13.0 Å². The molecule has 1 rings (SSSR count). The zero-order valence-corrected chi connectivity index (χ0v) is 11.6. The molecule has 0 bridgehead atoms. The zero-order chi connectivity index (χ0) is 15.8. The maximum atomic E-state index is 11.9. The number of hydrogen-bond acceptors (Lipinski definition) is 6. The Bertz CT molecular complexity index is 545. The zero-order valence-electron chi connectivity index (χ0n) is 11.6. The molecule has 0 atom stereocenters. The second-order valence-corrected chi connectivity index (χ2v) is 4.19. The minimum Gasteiger partial charge on any atom is -0.466 e. The first-order chi connectivity index (χ1) is 9.95. The van der Waals surface area contributed by atoms with E-state index in [-0.39, 0.29) is 35.9 Å².